The molecule has 1 aliphatic heterocycles. The SMILES string of the molecule is CCNC(=NCC(=O)N1CCCC1)NCC(C)Oc1ccccc1F. The minimum atomic E-state index is -0.383. The van der Waals surface area contributed by atoms with Gasteiger partial charge in [0.05, 0.1) is 6.54 Å². The predicted octanol–water partition coefficient (Wildman–Crippen LogP) is 1.77. The number of carbonyl (C=O) groups is 1. The van der Waals surface area contributed by atoms with Gasteiger partial charge in [0, 0.05) is 19.6 Å². The van der Waals surface area contributed by atoms with Gasteiger partial charge in [0.2, 0.25) is 5.91 Å². The average molecular weight is 350 g/mol. The van der Waals surface area contributed by atoms with Crippen molar-refractivity contribution in [2.45, 2.75) is 32.8 Å². The lowest BCUT2D eigenvalue weighted by Gasteiger charge is -2.18. The monoisotopic (exact) mass is 350 g/mol. The van der Waals surface area contributed by atoms with Crippen molar-refractivity contribution in [2.75, 3.05) is 32.7 Å². The Morgan fingerprint density at radius 3 is 2.72 bits per heavy atom. The van der Waals surface area contributed by atoms with E-state index in [2.05, 4.69) is 15.6 Å². The zero-order valence-electron chi connectivity index (χ0n) is 14.9. The van der Waals surface area contributed by atoms with Crippen molar-refractivity contribution in [1.29, 1.82) is 0 Å². The Hall–Kier alpha value is -2.31. The highest BCUT2D eigenvalue weighted by atomic mass is 19.1. The smallest absolute Gasteiger partial charge is 0.244 e. The summed E-state index contributed by atoms with van der Waals surface area (Å²) in [5, 5.41) is 6.22. The molecule has 2 N–H and O–H groups in total. The maximum absolute atomic E-state index is 13.6. The van der Waals surface area contributed by atoms with Crippen molar-refractivity contribution in [3.8, 4) is 5.75 Å². The van der Waals surface area contributed by atoms with Crippen LogP contribution in [0, 0.1) is 5.82 Å². The number of nitrogens with zero attached hydrogens (tertiary/aromatic N) is 2. The van der Waals surface area contributed by atoms with Crippen LogP contribution in [0.4, 0.5) is 4.39 Å². The number of amides is 1. The molecule has 7 heteroatoms. The molecule has 0 bridgehead atoms. The molecule has 25 heavy (non-hydrogen) atoms. The lowest BCUT2D eigenvalue weighted by molar-refractivity contribution is -0.128. The van der Waals surface area contributed by atoms with E-state index in [4.69, 9.17) is 4.74 Å². The summed E-state index contributed by atoms with van der Waals surface area (Å²) < 4.78 is 19.2. The van der Waals surface area contributed by atoms with Gasteiger partial charge in [-0.2, -0.15) is 0 Å². The number of hydrogen-bond donors (Lipinski definition) is 2. The average Bonchev–Trinajstić information content (AvgIpc) is 3.14. The van der Waals surface area contributed by atoms with E-state index < -0.39 is 0 Å². The van der Waals surface area contributed by atoms with Crippen LogP contribution in [0.3, 0.4) is 0 Å². The fourth-order valence-electron chi connectivity index (χ4n) is 2.59. The number of guanidine groups is 1. The van der Waals surface area contributed by atoms with Crippen LogP contribution in [-0.4, -0.2) is 55.6 Å². The molecule has 0 aromatic heterocycles. The predicted molar refractivity (Wildman–Crippen MR) is 96.3 cm³/mol. The number of rotatable bonds is 7. The number of para-hydroxylation sites is 1. The van der Waals surface area contributed by atoms with Gasteiger partial charge in [-0.3, -0.25) is 4.79 Å². The molecular formula is C18H27FN4O2. The van der Waals surface area contributed by atoms with Gasteiger partial charge < -0.3 is 20.3 Å². The van der Waals surface area contributed by atoms with Gasteiger partial charge in [-0.15, -0.1) is 0 Å². The first-order valence-electron chi connectivity index (χ1n) is 8.81. The first-order valence-corrected chi connectivity index (χ1v) is 8.81. The van der Waals surface area contributed by atoms with E-state index in [-0.39, 0.29) is 30.1 Å². The maximum Gasteiger partial charge on any atom is 0.244 e. The molecule has 1 aromatic carbocycles. The van der Waals surface area contributed by atoms with Crippen LogP contribution in [0.25, 0.3) is 0 Å². The molecule has 0 radical (unpaired) electrons. The van der Waals surface area contributed by atoms with Gasteiger partial charge >= 0.3 is 0 Å². The third-order valence-corrected chi connectivity index (χ3v) is 3.90. The van der Waals surface area contributed by atoms with Crippen molar-refractivity contribution in [1.82, 2.24) is 15.5 Å². The first-order chi connectivity index (χ1) is 12.1. The largest absolute Gasteiger partial charge is 0.486 e. The summed E-state index contributed by atoms with van der Waals surface area (Å²) in [6, 6.07) is 6.32. The zero-order chi connectivity index (χ0) is 18.1. The van der Waals surface area contributed by atoms with Crippen LogP contribution in [0.5, 0.6) is 5.75 Å². The Labute approximate surface area is 148 Å². The van der Waals surface area contributed by atoms with Gasteiger partial charge in [-0.1, -0.05) is 12.1 Å². The molecule has 1 aromatic rings. The number of aliphatic imine (C=N–C) groups is 1. The molecule has 2 rings (SSSR count). The van der Waals surface area contributed by atoms with Crippen molar-refractivity contribution in [3.05, 3.63) is 30.1 Å². The third-order valence-electron chi connectivity index (χ3n) is 3.90. The number of ether oxygens (including phenoxy) is 1. The summed E-state index contributed by atoms with van der Waals surface area (Å²) in [5.41, 5.74) is 0. The van der Waals surface area contributed by atoms with Crippen LogP contribution in [-0.2, 0) is 4.79 Å². The van der Waals surface area contributed by atoms with Crippen molar-refractivity contribution >= 4 is 11.9 Å². The molecule has 1 aliphatic rings. The quantitative estimate of drug-likeness (QED) is 0.581. The van der Waals surface area contributed by atoms with Gasteiger partial charge in [0.15, 0.2) is 17.5 Å². The molecule has 1 unspecified atom stereocenters. The second-order valence-electron chi connectivity index (χ2n) is 6.02. The molecule has 1 atom stereocenters. The standard InChI is InChI=1S/C18H27FN4O2/c1-3-20-18(22-13-17(24)23-10-6-7-11-23)21-12-14(2)25-16-9-5-4-8-15(16)19/h4-5,8-9,14H,3,6-7,10-13H2,1-2H3,(H2,20,21,22). The molecule has 6 nitrogen and oxygen atoms in total. The van der Waals surface area contributed by atoms with Gasteiger partial charge in [0.25, 0.3) is 0 Å². The van der Waals surface area contributed by atoms with Crippen molar-refractivity contribution in [3.63, 3.8) is 0 Å². The molecular weight excluding hydrogens is 323 g/mol. The highest BCUT2D eigenvalue weighted by molar-refractivity contribution is 5.85. The molecule has 0 saturated carbocycles. The van der Waals surface area contributed by atoms with E-state index in [1.54, 1.807) is 18.2 Å². The van der Waals surface area contributed by atoms with E-state index in [9.17, 15) is 9.18 Å². The van der Waals surface area contributed by atoms with Gasteiger partial charge in [-0.05, 0) is 38.8 Å². The lowest BCUT2D eigenvalue weighted by atomic mass is 10.3. The fraction of sp³-hybridized carbons (Fsp3) is 0.556. The van der Waals surface area contributed by atoms with Crippen molar-refractivity contribution in [2.24, 2.45) is 4.99 Å². The van der Waals surface area contributed by atoms with Crippen LogP contribution >= 0.6 is 0 Å². The topological polar surface area (TPSA) is 66.0 Å². The zero-order valence-corrected chi connectivity index (χ0v) is 14.9. The normalized spacial score (nSPS) is 15.8. The number of carbonyl (C=O) groups excluding carboxylic acids is 1. The second kappa shape index (κ2) is 9.86. The Balaban J connectivity index is 1.82. The van der Waals surface area contributed by atoms with Crippen molar-refractivity contribution < 1.29 is 13.9 Å². The maximum atomic E-state index is 13.6. The molecule has 1 saturated heterocycles. The van der Waals surface area contributed by atoms with Crippen LogP contribution < -0.4 is 15.4 Å². The van der Waals surface area contributed by atoms with E-state index in [1.807, 2.05) is 18.7 Å². The molecule has 138 valence electrons. The van der Waals surface area contributed by atoms with Crippen LogP contribution in [0.2, 0.25) is 0 Å². The third kappa shape index (κ3) is 6.25. The Kier molecular flexibility index (Phi) is 7.50. The van der Waals surface area contributed by atoms with Gasteiger partial charge in [-0.25, -0.2) is 9.38 Å². The van der Waals surface area contributed by atoms with E-state index in [1.165, 1.54) is 6.07 Å². The van der Waals surface area contributed by atoms with E-state index >= 15 is 0 Å². The molecule has 0 spiro atoms. The van der Waals surface area contributed by atoms with Gasteiger partial charge in [0.1, 0.15) is 12.6 Å². The number of halogens is 1. The highest BCUT2D eigenvalue weighted by Crippen LogP contribution is 2.16. The fourth-order valence-corrected chi connectivity index (χ4v) is 2.59. The Bertz CT molecular complexity index is 588. The summed E-state index contributed by atoms with van der Waals surface area (Å²) in [7, 11) is 0. The summed E-state index contributed by atoms with van der Waals surface area (Å²) in [6.45, 7) is 6.71. The summed E-state index contributed by atoms with van der Waals surface area (Å²) >= 11 is 0. The molecule has 1 amide bonds. The second-order valence-corrected chi connectivity index (χ2v) is 6.02. The summed E-state index contributed by atoms with van der Waals surface area (Å²) in [5.74, 6) is 0.443. The summed E-state index contributed by atoms with van der Waals surface area (Å²) in [4.78, 5) is 18.2. The molecule has 1 heterocycles. The number of hydrogen-bond acceptors (Lipinski definition) is 3. The lowest BCUT2D eigenvalue weighted by Crippen LogP contribution is -2.42. The highest BCUT2D eigenvalue weighted by Gasteiger charge is 2.17. The van der Waals surface area contributed by atoms with E-state index in [0.717, 1.165) is 25.9 Å². The number of likely N-dealkylation sites (tertiary alicyclic amines) is 1. The minimum absolute atomic E-state index is 0.0466. The minimum Gasteiger partial charge on any atom is -0.486 e. The Morgan fingerprint density at radius 1 is 1.32 bits per heavy atom. The van der Waals surface area contributed by atoms with E-state index in [0.29, 0.717) is 19.0 Å². The molecule has 0 aliphatic carbocycles. The number of benzene rings is 1. The van der Waals surface area contributed by atoms with Crippen LogP contribution in [0.15, 0.2) is 29.3 Å². The molecule has 1 fully saturated rings. The first kappa shape index (κ1) is 19.0. The van der Waals surface area contributed by atoms with Crippen LogP contribution in [0.1, 0.15) is 26.7 Å². The Morgan fingerprint density at radius 2 is 2.04 bits per heavy atom. The number of nitrogens with one attached hydrogen (secondary N) is 2. The summed E-state index contributed by atoms with van der Waals surface area (Å²) in [6.07, 6.45) is 1.88.